The second-order valence-electron chi connectivity index (χ2n) is 4.31. The molecule has 1 aliphatic heterocycles. The van der Waals surface area contributed by atoms with Crippen molar-refractivity contribution in [1.29, 1.82) is 0 Å². The summed E-state index contributed by atoms with van der Waals surface area (Å²) in [5, 5.41) is 3.24. The highest BCUT2D eigenvalue weighted by Gasteiger charge is 2.14. The van der Waals surface area contributed by atoms with Crippen LogP contribution in [0.5, 0.6) is 0 Å². The van der Waals surface area contributed by atoms with E-state index in [1.807, 2.05) is 36.4 Å². The highest BCUT2D eigenvalue weighted by molar-refractivity contribution is 9.10. The molecular weight excluding hydrogens is 320 g/mol. The maximum absolute atomic E-state index is 5.37. The molecule has 19 heavy (non-hydrogen) atoms. The van der Waals surface area contributed by atoms with E-state index in [0.29, 0.717) is 6.42 Å². The van der Waals surface area contributed by atoms with Gasteiger partial charge in [-0.3, -0.25) is 4.99 Å². The van der Waals surface area contributed by atoms with Gasteiger partial charge in [0.05, 0.1) is 22.1 Å². The van der Waals surface area contributed by atoms with Crippen molar-refractivity contribution in [1.82, 2.24) is 0 Å². The number of para-hydroxylation sites is 2. The number of thiocarbonyl (C=S) groups is 1. The third-order valence-corrected chi connectivity index (χ3v) is 3.66. The highest BCUT2D eigenvalue weighted by atomic mass is 79.9. The number of rotatable bonds is 1. The van der Waals surface area contributed by atoms with Gasteiger partial charge in [-0.25, -0.2) is 0 Å². The minimum absolute atomic E-state index is 0.653. The molecule has 2 nitrogen and oxygen atoms in total. The minimum Gasteiger partial charge on any atom is -0.348 e. The van der Waals surface area contributed by atoms with E-state index >= 15 is 0 Å². The Balaban J connectivity index is 2.11. The first-order valence-electron chi connectivity index (χ1n) is 5.95. The minimum atomic E-state index is 0.653. The van der Waals surface area contributed by atoms with Gasteiger partial charge in [-0.05, 0) is 29.8 Å². The zero-order valence-electron chi connectivity index (χ0n) is 10.1. The smallest absolute Gasteiger partial charge is 0.0868 e. The zero-order valence-corrected chi connectivity index (χ0v) is 12.5. The lowest BCUT2D eigenvalue weighted by atomic mass is 10.1. The summed E-state index contributed by atoms with van der Waals surface area (Å²) >= 11 is 8.87. The number of hydrogen-bond donors (Lipinski definition) is 1. The summed E-state index contributed by atoms with van der Waals surface area (Å²) in [5.41, 5.74) is 3.98. The van der Waals surface area contributed by atoms with Gasteiger partial charge in [-0.1, -0.05) is 52.4 Å². The number of nitrogens with one attached hydrogen (secondary N) is 1. The van der Waals surface area contributed by atoms with Crippen LogP contribution in [-0.2, 0) is 0 Å². The van der Waals surface area contributed by atoms with Crippen LogP contribution >= 0.6 is 28.1 Å². The number of aliphatic imine (C=N–C) groups is 1. The average Bonchev–Trinajstić information content (AvgIpc) is 2.56. The molecule has 2 aromatic rings. The van der Waals surface area contributed by atoms with E-state index in [-0.39, 0.29) is 0 Å². The third-order valence-electron chi connectivity index (χ3n) is 2.92. The molecule has 94 valence electrons. The first-order valence-corrected chi connectivity index (χ1v) is 7.15. The molecule has 0 bridgehead atoms. The molecule has 2 aromatic carbocycles. The van der Waals surface area contributed by atoms with E-state index in [0.717, 1.165) is 32.1 Å². The Morgan fingerprint density at radius 1 is 1.11 bits per heavy atom. The topological polar surface area (TPSA) is 24.4 Å². The number of hydrogen-bond acceptors (Lipinski definition) is 2. The molecule has 0 aromatic heterocycles. The summed E-state index contributed by atoms with van der Waals surface area (Å²) < 4.78 is 1.05. The molecule has 0 saturated carbocycles. The summed E-state index contributed by atoms with van der Waals surface area (Å²) in [5.74, 6) is 0. The molecule has 0 atom stereocenters. The van der Waals surface area contributed by atoms with Crippen molar-refractivity contribution < 1.29 is 0 Å². The molecular formula is C15H11BrN2S. The summed E-state index contributed by atoms with van der Waals surface area (Å²) in [6, 6.07) is 16.1. The highest BCUT2D eigenvalue weighted by Crippen LogP contribution is 2.29. The molecule has 1 aliphatic rings. The van der Waals surface area contributed by atoms with Crippen LogP contribution in [0.2, 0.25) is 0 Å². The van der Waals surface area contributed by atoms with Gasteiger partial charge in [-0.2, -0.15) is 0 Å². The Kier molecular flexibility index (Phi) is 3.44. The zero-order chi connectivity index (χ0) is 13.2. The van der Waals surface area contributed by atoms with Gasteiger partial charge in [0.25, 0.3) is 0 Å². The standard InChI is InChI=1S/C15H11BrN2S/c16-11-5-3-4-10(8-11)14-9-15(19)18-13-7-2-1-6-12(13)17-14/h1-8H,9H2,(H,18,19). The van der Waals surface area contributed by atoms with Crippen LogP contribution in [0.1, 0.15) is 12.0 Å². The van der Waals surface area contributed by atoms with Crippen LogP contribution < -0.4 is 5.32 Å². The van der Waals surface area contributed by atoms with Gasteiger partial charge in [0.15, 0.2) is 0 Å². The van der Waals surface area contributed by atoms with Gasteiger partial charge in [0, 0.05) is 10.9 Å². The Morgan fingerprint density at radius 3 is 2.79 bits per heavy atom. The number of fused-ring (bicyclic) bond motifs is 1. The predicted molar refractivity (Wildman–Crippen MR) is 87.6 cm³/mol. The molecule has 3 rings (SSSR count). The molecule has 0 unspecified atom stereocenters. The van der Waals surface area contributed by atoms with E-state index in [1.165, 1.54) is 0 Å². The fraction of sp³-hybridized carbons (Fsp3) is 0.0667. The lowest BCUT2D eigenvalue weighted by Crippen LogP contribution is -2.12. The van der Waals surface area contributed by atoms with Crippen molar-refractivity contribution in [3.63, 3.8) is 0 Å². The first-order chi connectivity index (χ1) is 9.22. The first kappa shape index (κ1) is 12.5. The van der Waals surface area contributed by atoms with Crippen molar-refractivity contribution in [2.75, 3.05) is 5.32 Å². The molecule has 4 heteroatoms. The quantitative estimate of drug-likeness (QED) is 0.765. The van der Waals surface area contributed by atoms with Crippen molar-refractivity contribution in [3.8, 4) is 0 Å². The monoisotopic (exact) mass is 330 g/mol. The Bertz CT molecular complexity index is 679. The molecule has 1 N–H and O–H groups in total. The van der Waals surface area contributed by atoms with Crippen LogP contribution in [-0.4, -0.2) is 10.7 Å². The van der Waals surface area contributed by atoms with Crippen molar-refractivity contribution in [2.45, 2.75) is 6.42 Å². The van der Waals surface area contributed by atoms with Gasteiger partial charge in [-0.15, -0.1) is 0 Å². The normalized spacial score (nSPS) is 14.2. The van der Waals surface area contributed by atoms with Crippen LogP contribution in [0.15, 0.2) is 58.0 Å². The second kappa shape index (κ2) is 5.23. The number of nitrogens with zero attached hydrogens (tertiary/aromatic N) is 1. The summed E-state index contributed by atoms with van der Waals surface area (Å²) in [6.45, 7) is 0. The van der Waals surface area contributed by atoms with Crippen molar-refractivity contribution >= 4 is 50.2 Å². The van der Waals surface area contributed by atoms with Crippen molar-refractivity contribution in [2.24, 2.45) is 4.99 Å². The number of benzene rings is 2. The van der Waals surface area contributed by atoms with E-state index in [4.69, 9.17) is 17.2 Å². The van der Waals surface area contributed by atoms with Crippen LogP contribution in [0.25, 0.3) is 0 Å². The van der Waals surface area contributed by atoms with Gasteiger partial charge >= 0.3 is 0 Å². The third kappa shape index (κ3) is 2.74. The summed E-state index contributed by atoms with van der Waals surface area (Å²) in [4.78, 5) is 5.54. The Labute approximate surface area is 125 Å². The molecule has 0 fully saturated rings. The largest absolute Gasteiger partial charge is 0.348 e. The van der Waals surface area contributed by atoms with Gasteiger partial charge in [0.1, 0.15) is 0 Å². The molecule has 0 aliphatic carbocycles. The molecule has 1 heterocycles. The van der Waals surface area contributed by atoms with Gasteiger partial charge in [0.2, 0.25) is 0 Å². The SMILES string of the molecule is S=C1CC(c2cccc(Br)c2)=Nc2ccccc2N1. The lowest BCUT2D eigenvalue weighted by molar-refractivity contribution is 1.46. The number of anilines is 1. The van der Waals surface area contributed by atoms with Crippen LogP contribution in [0.4, 0.5) is 11.4 Å². The number of halogens is 1. The lowest BCUT2D eigenvalue weighted by Gasteiger charge is -2.05. The fourth-order valence-electron chi connectivity index (χ4n) is 2.04. The van der Waals surface area contributed by atoms with Crippen molar-refractivity contribution in [3.05, 3.63) is 58.6 Å². The Hall–Kier alpha value is -1.52. The molecule has 0 spiro atoms. The van der Waals surface area contributed by atoms with E-state index in [9.17, 15) is 0 Å². The van der Waals surface area contributed by atoms with Crippen LogP contribution in [0, 0.1) is 0 Å². The van der Waals surface area contributed by atoms with Gasteiger partial charge < -0.3 is 5.32 Å². The maximum atomic E-state index is 5.37. The molecule has 0 radical (unpaired) electrons. The summed E-state index contributed by atoms with van der Waals surface area (Å²) in [6.07, 6.45) is 0.653. The van der Waals surface area contributed by atoms with Crippen LogP contribution in [0.3, 0.4) is 0 Å². The maximum Gasteiger partial charge on any atom is 0.0868 e. The average molecular weight is 331 g/mol. The Morgan fingerprint density at radius 2 is 1.95 bits per heavy atom. The van der Waals surface area contributed by atoms with E-state index < -0.39 is 0 Å². The van der Waals surface area contributed by atoms with E-state index in [1.54, 1.807) is 0 Å². The fourth-order valence-corrected chi connectivity index (χ4v) is 2.69. The molecule has 0 amide bonds. The predicted octanol–water partition coefficient (Wildman–Crippen LogP) is 4.71. The van der Waals surface area contributed by atoms with E-state index in [2.05, 4.69) is 33.4 Å². The molecule has 0 saturated heterocycles. The second-order valence-corrected chi connectivity index (χ2v) is 5.72. The summed E-state index contributed by atoms with van der Waals surface area (Å²) in [7, 11) is 0.